The molecular weight excluding hydrogens is 605 g/mol. The first-order valence-electron chi connectivity index (χ1n) is 17.1. The van der Waals surface area contributed by atoms with E-state index in [1.54, 1.807) is 0 Å². The Balaban J connectivity index is 1.25. The van der Waals surface area contributed by atoms with Gasteiger partial charge in [0.2, 0.25) is 0 Å². The maximum atomic E-state index is 2.29. The molecule has 0 radical (unpaired) electrons. The molecule has 0 N–H and O–H groups in total. The second kappa shape index (κ2) is 13.7. The van der Waals surface area contributed by atoms with Gasteiger partial charge in [-0.25, -0.2) is 0 Å². The van der Waals surface area contributed by atoms with Gasteiger partial charge in [-0.3, -0.25) is 0 Å². The van der Waals surface area contributed by atoms with Gasteiger partial charge in [0.15, 0.2) is 0 Å². The minimum Gasteiger partial charge on any atom is -0.194 e. The van der Waals surface area contributed by atoms with Crippen LogP contribution < -0.4 is 8.97 Å². The summed E-state index contributed by atoms with van der Waals surface area (Å²) in [5.41, 5.74) is 11.8. The van der Waals surface area contributed by atoms with E-state index in [2.05, 4.69) is 231 Å². The standard InChI is InChI=1S/C48H38N2/c1-7-19-41(20-8-1)49(42-21-9-2-10-22-42,43-23-11-3-12-24-43)47-35-31-39(32-36-47)40-33-37-48(38-34-40)50(44-25-13-4-14-26-44,45-27-15-5-16-28-45)46-29-17-6-18-30-46/h1-38H/q+2. The fourth-order valence-electron chi connectivity index (χ4n) is 7.45. The topological polar surface area (TPSA) is 0 Å². The third kappa shape index (κ3) is 5.34. The molecule has 8 rings (SSSR count). The normalized spacial score (nSPS) is 11.6. The third-order valence-electron chi connectivity index (χ3n) is 9.70. The molecule has 0 unspecified atom stereocenters. The number of rotatable bonds is 9. The molecule has 0 atom stereocenters. The molecule has 8 aromatic carbocycles. The summed E-state index contributed by atoms with van der Waals surface area (Å²) in [6.45, 7) is 0. The van der Waals surface area contributed by atoms with Gasteiger partial charge in [0.05, 0.1) is 0 Å². The van der Waals surface area contributed by atoms with Crippen molar-refractivity contribution in [2.24, 2.45) is 0 Å². The summed E-state index contributed by atoms with van der Waals surface area (Å²) in [6, 6.07) is 83.0. The molecule has 0 spiro atoms. The van der Waals surface area contributed by atoms with Crippen molar-refractivity contribution in [2.75, 3.05) is 0 Å². The van der Waals surface area contributed by atoms with Crippen LogP contribution in [0.1, 0.15) is 0 Å². The lowest BCUT2D eigenvalue weighted by Gasteiger charge is -2.37. The first-order chi connectivity index (χ1) is 24.8. The summed E-state index contributed by atoms with van der Waals surface area (Å²) in [5, 5.41) is 0. The highest BCUT2D eigenvalue weighted by Crippen LogP contribution is 2.53. The van der Waals surface area contributed by atoms with Gasteiger partial charge in [0, 0.05) is 97.1 Å². The van der Waals surface area contributed by atoms with E-state index >= 15 is 0 Å². The highest BCUT2D eigenvalue weighted by molar-refractivity contribution is 5.84. The SMILES string of the molecule is c1ccc([N+](c2ccccc2)(c2ccccc2)c2ccc(-c3ccc([N+](c4ccccc4)(c4ccccc4)c4ccccc4)cc3)cc2)cc1. The fraction of sp³-hybridized carbons (Fsp3) is 0. The van der Waals surface area contributed by atoms with Crippen molar-refractivity contribution < 1.29 is 0 Å². The van der Waals surface area contributed by atoms with E-state index in [-0.39, 0.29) is 0 Å². The minimum atomic E-state index is 0.479. The van der Waals surface area contributed by atoms with Gasteiger partial charge >= 0.3 is 0 Å². The molecule has 238 valence electrons. The van der Waals surface area contributed by atoms with Crippen LogP contribution >= 0.6 is 0 Å². The fourth-order valence-corrected chi connectivity index (χ4v) is 7.45. The van der Waals surface area contributed by atoms with Gasteiger partial charge < -0.3 is 0 Å². The summed E-state index contributed by atoms with van der Waals surface area (Å²) >= 11 is 0. The summed E-state index contributed by atoms with van der Waals surface area (Å²) in [7, 11) is 0. The number of nitrogens with zero attached hydrogens (tertiary/aromatic N) is 2. The molecule has 2 heteroatoms. The summed E-state index contributed by atoms with van der Waals surface area (Å²) in [6.07, 6.45) is 0. The average Bonchev–Trinajstić information content (AvgIpc) is 3.22. The van der Waals surface area contributed by atoms with Crippen molar-refractivity contribution in [1.29, 1.82) is 0 Å². The second-order valence-corrected chi connectivity index (χ2v) is 12.4. The van der Waals surface area contributed by atoms with Crippen LogP contribution in [-0.4, -0.2) is 0 Å². The molecule has 50 heavy (non-hydrogen) atoms. The van der Waals surface area contributed by atoms with Crippen LogP contribution in [0.5, 0.6) is 0 Å². The van der Waals surface area contributed by atoms with E-state index in [0.717, 1.165) is 0 Å². The molecule has 0 amide bonds. The lowest BCUT2D eigenvalue weighted by molar-refractivity contribution is 0.703. The molecule has 0 fully saturated rings. The molecule has 0 aliphatic rings. The van der Waals surface area contributed by atoms with Gasteiger partial charge in [-0.1, -0.05) is 109 Å². The van der Waals surface area contributed by atoms with Crippen molar-refractivity contribution >= 4 is 45.5 Å². The van der Waals surface area contributed by atoms with E-state index in [4.69, 9.17) is 0 Å². The highest BCUT2D eigenvalue weighted by Gasteiger charge is 2.40. The summed E-state index contributed by atoms with van der Waals surface area (Å²) < 4.78 is 0.958. The molecule has 0 bridgehead atoms. The largest absolute Gasteiger partial charge is 0.194 e. The van der Waals surface area contributed by atoms with Crippen LogP contribution in [0, 0.1) is 0 Å². The zero-order valence-corrected chi connectivity index (χ0v) is 27.8. The maximum absolute atomic E-state index is 2.29. The third-order valence-corrected chi connectivity index (χ3v) is 9.70. The predicted molar refractivity (Wildman–Crippen MR) is 212 cm³/mol. The average molecular weight is 643 g/mol. The van der Waals surface area contributed by atoms with E-state index in [0.29, 0.717) is 8.97 Å². The monoisotopic (exact) mass is 642 g/mol. The molecule has 0 heterocycles. The number of hydrogen-bond acceptors (Lipinski definition) is 0. The van der Waals surface area contributed by atoms with Gasteiger partial charge in [0.1, 0.15) is 45.5 Å². The maximum Gasteiger partial charge on any atom is 0.148 e. The van der Waals surface area contributed by atoms with Gasteiger partial charge in [-0.2, -0.15) is 8.97 Å². The summed E-state index contributed by atoms with van der Waals surface area (Å²) in [4.78, 5) is 0. The molecule has 0 aromatic heterocycles. The summed E-state index contributed by atoms with van der Waals surface area (Å²) in [5.74, 6) is 0. The zero-order chi connectivity index (χ0) is 33.6. The van der Waals surface area contributed by atoms with Crippen molar-refractivity contribution in [1.82, 2.24) is 8.97 Å². The van der Waals surface area contributed by atoms with Gasteiger partial charge in [-0.05, 0) is 35.4 Å². The Morgan fingerprint density at radius 2 is 0.320 bits per heavy atom. The Morgan fingerprint density at radius 3 is 0.500 bits per heavy atom. The van der Waals surface area contributed by atoms with Crippen LogP contribution in [0.15, 0.2) is 231 Å². The quantitative estimate of drug-likeness (QED) is 0.137. The molecule has 8 aromatic rings. The van der Waals surface area contributed by atoms with E-state index in [1.807, 2.05) is 0 Å². The number of para-hydroxylation sites is 6. The molecule has 0 saturated heterocycles. The Hall–Kier alpha value is -6.32. The van der Waals surface area contributed by atoms with Crippen LogP contribution in [-0.2, 0) is 0 Å². The Kier molecular flexibility index (Phi) is 8.46. The number of benzene rings is 8. The van der Waals surface area contributed by atoms with E-state index < -0.39 is 0 Å². The Morgan fingerprint density at radius 1 is 0.160 bits per heavy atom. The lowest BCUT2D eigenvalue weighted by Crippen LogP contribution is -2.33. The second-order valence-electron chi connectivity index (χ2n) is 12.4. The van der Waals surface area contributed by atoms with Crippen LogP contribution in [0.3, 0.4) is 0 Å². The lowest BCUT2D eigenvalue weighted by atomic mass is 10.0. The first kappa shape index (κ1) is 31.0. The number of hydrogen-bond donors (Lipinski definition) is 0. The van der Waals surface area contributed by atoms with Crippen LogP contribution in [0.4, 0.5) is 45.5 Å². The molecule has 0 aliphatic carbocycles. The van der Waals surface area contributed by atoms with Crippen LogP contribution in [0.25, 0.3) is 11.1 Å². The van der Waals surface area contributed by atoms with E-state index in [9.17, 15) is 0 Å². The van der Waals surface area contributed by atoms with Crippen LogP contribution in [0.2, 0.25) is 0 Å². The van der Waals surface area contributed by atoms with Crippen molar-refractivity contribution in [3.05, 3.63) is 231 Å². The van der Waals surface area contributed by atoms with E-state index in [1.165, 1.54) is 56.6 Å². The zero-order valence-electron chi connectivity index (χ0n) is 27.8. The molecule has 0 aliphatic heterocycles. The number of quaternary nitrogens is 2. The first-order valence-corrected chi connectivity index (χ1v) is 17.1. The Bertz CT molecular complexity index is 1890. The van der Waals surface area contributed by atoms with Crippen molar-refractivity contribution in [3.63, 3.8) is 0 Å². The molecule has 2 nitrogen and oxygen atoms in total. The van der Waals surface area contributed by atoms with Gasteiger partial charge in [-0.15, -0.1) is 0 Å². The molecule has 0 saturated carbocycles. The minimum absolute atomic E-state index is 0.479. The predicted octanol–water partition coefficient (Wildman–Crippen LogP) is 14.0. The van der Waals surface area contributed by atoms with Crippen molar-refractivity contribution in [2.45, 2.75) is 0 Å². The molecular formula is C48H38N2+2. The highest BCUT2D eigenvalue weighted by atomic mass is 15.4. The van der Waals surface area contributed by atoms with Gasteiger partial charge in [0.25, 0.3) is 0 Å². The Labute approximate surface area is 295 Å². The smallest absolute Gasteiger partial charge is 0.148 e. The van der Waals surface area contributed by atoms with Crippen molar-refractivity contribution in [3.8, 4) is 11.1 Å².